The van der Waals surface area contributed by atoms with E-state index in [1.165, 1.54) is 24.9 Å². The number of aryl methyl sites for hydroxylation is 1. The Kier molecular flexibility index (Phi) is 4.19. The third kappa shape index (κ3) is 2.82. The van der Waals surface area contributed by atoms with Gasteiger partial charge in [-0.25, -0.2) is 4.79 Å². The number of aromatic nitrogens is 2. The fourth-order valence-corrected chi connectivity index (χ4v) is 2.93. The molecule has 7 nitrogen and oxygen atoms in total. The summed E-state index contributed by atoms with van der Waals surface area (Å²) in [6.07, 6.45) is 1.80. The van der Waals surface area contributed by atoms with Crippen molar-refractivity contribution in [3.05, 3.63) is 55.8 Å². The highest BCUT2D eigenvalue weighted by molar-refractivity contribution is 6.30. The third-order valence-electron chi connectivity index (χ3n) is 4.03. The number of nitrogens with one attached hydrogen (secondary N) is 1. The third-order valence-corrected chi connectivity index (χ3v) is 4.27. The molecule has 8 heteroatoms. The van der Waals surface area contributed by atoms with Crippen LogP contribution < -0.4 is 21.3 Å². The minimum atomic E-state index is -0.551. The Bertz CT molecular complexity index is 932. The molecule has 1 N–H and O–H groups in total. The molecule has 2 heterocycles. The Morgan fingerprint density at radius 1 is 1.33 bits per heavy atom. The Morgan fingerprint density at radius 3 is 2.83 bits per heavy atom. The van der Waals surface area contributed by atoms with Crippen molar-refractivity contribution < 1.29 is 9.53 Å². The lowest BCUT2D eigenvalue weighted by Gasteiger charge is -2.25. The Morgan fingerprint density at radius 2 is 2.08 bits per heavy atom. The molecule has 1 amide bonds. The van der Waals surface area contributed by atoms with E-state index in [2.05, 4.69) is 5.32 Å². The van der Waals surface area contributed by atoms with Gasteiger partial charge in [0.25, 0.3) is 5.56 Å². The zero-order valence-corrected chi connectivity index (χ0v) is 14.0. The predicted octanol–water partition coefficient (Wildman–Crippen LogP) is 1.24. The second-order valence-corrected chi connectivity index (χ2v) is 6.10. The smallest absolute Gasteiger partial charge is 0.330 e. The van der Waals surface area contributed by atoms with E-state index in [-0.39, 0.29) is 11.6 Å². The largest absolute Gasteiger partial charge is 0.493 e. The molecule has 3 rings (SSSR count). The van der Waals surface area contributed by atoms with Crippen LogP contribution in [0, 0.1) is 0 Å². The van der Waals surface area contributed by atoms with Crippen LogP contribution in [0.15, 0.2) is 34.0 Å². The standard InChI is InChI=1S/C16H16ClN3O4/c1-19-8-12(15(22)20(2)16(19)23)18-14(21)10-5-6-24-13-4-3-9(17)7-11(10)13/h3-4,7-8,10H,5-6H2,1-2H3,(H,18,21). The number of fused-ring (bicyclic) bond motifs is 1. The van der Waals surface area contributed by atoms with Crippen LogP contribution in [0.1, 0.15) is 17.9 Å². The van der Waals surface area contributed by atoms with Gasteiger partial charge in [0.05, 0.1) is 12.5 Å². The molecular weight excluding hydrogens is 334 g/mol. The summed E-state index contributed by atoms with van der Waals surface area (Å²) >= 11 is 6.01. The first-order valence-electron chi connectivity index (χ1n) is 7.38. The summed E-state index contributed by atoms with van der Waals surface area (Å²) in [5, 5.41) is 3.13. The van der Waals surface area contributed by atoms with Gasteiger partial charge in [0, 0.05) is 30.9 Å². The van der Waals surface area contributed by atoms with Crippen LogP contribution in [0.4, 0.5) is 5.69 Å². The maximum atomic E-state index is 12.7. The Hall–Kier alpha value is -2.54. The van der Waals surface area contributed by atoms with Crippen LogP contribution in [0.3, 0.4) is 0 Å². The number of ether oxygens (including phenoxy) is 1. The van der Waals surface area contributed by atoms with Crippen molar-refractivity contribution in [2.75, 3.05) is 11.9 Å². The Labute approximate surface area is 142 Å². The molecule has 0 saturated heterocycles. The normalized spacial score (nSPS) is 16.2. The number of carbonyl (C=O) groups excluding carboxylic acids is 1. The van der Waals surface area contributed by atoms with Crippen LogP contribution in [0.5, 0.6) is 5.75 Å². The second kappa shape index (κ2) is 6.16. The average Bonchev–Trinajstić information content (AvgIpc) is 2.57. The maximum absolute atomic E-state index is 12.7. The SMILES string of the molecule is Cn1cc(NC(=O)C2CCOc3ccc(Cl)cc32)c(=O)n(C)c1=O. The molecule has 1 aromatic heterocycles. The van der Waals surface area contributed by atoms with Crippen molar-refractivity contribution in [2.24, 2.45) is 14.1 Å². The lowest BCUT2D eigenvalue weighted by Crippen LogP contribution is -2.39. The van der Waals surface area contributed by atoms with Gasteiger partial charge in [-0.05, 0) is 24.6 Å². The van der Waals surface area contributed by atoms with Crippen LogP contribution in [0.2, 0.25) is 5.02 Å². The molecule has 1 aliphatic rings. The minimum absolute atomic E-state index is 0.0552. The van der Waals surface area contributed by atoms with Gasteiger partial charge in [-0.15, -0.1) is 0 Å². The summed E-state index contributed by atoms with van der Waals surface area (Å²) < 4.78 is 7.73. The monoisotopic (exact) mass is 349 g/mol. The first-order chi connectivity index (χ1) is 11.4. The van der Waals surface area contributed by atoms with E-state index in [0.29, 0.717) is 29.4 Å². The topological polar surface area (TPSA) is 82.3 Å². The zero-order valence-electron chi connectivity index (χ0n) is 13.2. The van der Waals surface area contributed by atoms with E-state index in [1.807, 2.05) is 0 Å². The minimum Gasteiger partial charge on any atom is -0.493 e. The molecule has 0 bridgehead atoms. The van der Waals surface area contributed by atoms with Crippen molar-refractivity contribution in [2.45, 2.75) is 12.3 Å². The van der Waals surface area contributed by atoms with Crippen LogP contribution in [-0.2, 0) is 18.9 Å². The van der Waals surface area contributed by atoms with Gasteiger partial charge < -0.3 is 14.6 Å². The summed E-state index contributed by atoms with van der Waals surface area (Å²) in [6, 6.07) is 5.12. The van der Waals surface area contributed by atoms with Crippen molar-refractivity contribution in [1.29, 1.82) is 0 Å². The number of halogens is 1. The molecule has 0 spiro atoms. The van der Waals surface area contributed by atoms with Crippen molar-refractivity contribution in [3.8, 4) is 5.75 Å². The number of carbonyl (C=O) groups is 1. The van der Waals surface area contributed by atoms with Gasteiger partial charge in [-0.3, -0.25) is 14.2 Å². The number of amides is 1. The fourth-order valence-electron chi connectivity index (χ4n) is 2.75. The highest BCUT2D eigenvalue weighted by Gasteiger charge is 2.28. The highest BCUT2D eigenvalue weighted by atomic mass is 35.5. The van der Waals surface area contributed by atoms with E-state index in [1.54, 1.807) is 18.2 Å². The van der Waals surface area contributed by atoms with Crippen LogP contribution in [-0.4, -0.2) is 21.6 Å². The summed E-state index contributed by atoms with van der Waals surface area (Å²) in [4.78, 5) is 36.5. The first kappa shape index (κ1) is 16.3. The van der Waals surface area contributed by atoms with E-state index in [4.69, 9.17) is 16.3 Å². The molecule has 0 fully saturated rings. The molecule has 1 unspecified atom stereocenters. The van der Waals surface area contributed by atoms with Gasteiger partial charge in [0.2, 0.25) is 5.91 Å². The molecule has 0 saturated carbocycles. The second-order valence-electron chi connectivity index (χ2n) is 5.66. The number of hydrogen-bond donors (Lipinski definition) is 1. The molecule has 0 radical (unpaired) electrons. The van der Waals surface area contributed by atoms with Crippen molar-refractivity contribution in [1.82, 2.24) is 9.13 Å². The van der Waals surface area contributed by atoms with E-state index >= 15 is 0 Å². The maximum Gasteiger partial charge on any atom is 0.330 e. The van der Waals surface area contributed by atoms with Gasteiger partial charge in [0.15, 0.2) is 0 Å². The number of benzene rings is 1. The van der Waals surface area contributed by atoms with Crippen LogP contribution in [0.25, 0.3) is 0 Å². The lowest BCUT2D eigenvalue weighted by atomic mass is 9.92. The molecule has 2 aromatic rings. The summed E-state index contributed by atoms with van der Waals surface area (Å²) in [6.45, 7) is 0.401. The summed E-state index contributed by atoms with van der Waals surface area (Å²) in [5.41, 5.74) is -0.265. The van der Waals surface area contributed by atoms with Crippen LogP contribution >= 0.6 is 11.6 Å². The zero-order chi connectivity index (χ0) is 17.4. The van der Waals surface area contributed by atoms with E-state index < -0.39 is 17.2 Å². The van der Waals surface area contributed by atoms with E-state index in [9.17, 15) is 14.4 Å². The first-order valence-corrected chi connectivity index (χ1v) is 7.76. The molecule has 1 atom stereocenters. The van der Waals surface area contributed by atoms with Gasteiger partial charge in [-0.2, -0.15) is 0 Å². The number of rotatable bonds is 2. The molecule has 126 valence electrons. The van der Waals surface area contributed by atoms with Crippen molar-refractivity contribution >= 4 is 23.2 Å². The number of anilines is 1. The van der Waals surface area contributed by atoms with Gasteiger partial charge in [-0.1, -0.05) is 11.6 Å². The summed E-state index contributed by atoms with van der Waals surface area (Å²) in [5.74, 6) is -0.203. The molecule has 24 heavy (non-hydrogen) atoms. The van der Waals surface area contributed by atoms with Gasteiger partial charge >= 0.3 is 5.69 Å². The predicted molar refractivity (Wildman–Crippen MR) is 89.9 cm³/mol. The molecule has 1 aliphatic heterocycles. The van der Waals surface area contributed by atoms with E-state index in [0.717, 1.165) is 4.57 Å². The molecule has 0 aliphatic carbocycles. The number of hydrogen-bond acceptors (Lipinski definition) is 4. The Balaban J connectivity index is 1.94. The molecular formula is C16H16ClN3O4. The fraction of sp³-hybridized carbons (Fsp3) is 0.312. The average molecular weight is 350 g/mol. The molecule has 1 aromatic carbocycles. The quantitative estimate of drug-likeness (QED) is 0.884. The summed E-state index contributed by atoms with van der Waals surface area (Å²) in [7, 11) is 2.88. The number of nitrogens with zero attached hydrogens (tertiary/aromatic N) is 2. The van der Waals surface area contributed by atoms with Gasteiger partial charge in [0.1, 0.15) is 11.4 Å². The lowest BCUT2D eigenvalue weighted by molar-refractivity contribution is -0.118. The highest BCUT2D eigenvalue weighted by Crippen LogP contribution is 2.36. The van der Waals surface area contributed by atoms with Crippen molar-refractivity contribution in [3.63, 3.8) is 0 Å².